The molecule has 0 atom stereocenters. The van der Waals surface area contributed by atoms with Gasteiger partial charge in [-0.25, -0.2) is 0 Å². The zero-order valence-corrected chi connectivity index (χ0v) is 20.2. The Bertz CT molecular complexity index is 922. The Hall–Kier alpha value is -1.91. The molecule has 0 saturated heterocycles. The summed E-state index contributed by atoms with van der Waals surface area (Å²) in [4.78, 5) is 0. The minimum atomic E-state index is -0.451. The van der Waals surface area contributed by atoms with Crippen LogP contribution in [0.5, 0.6) is 0 Å². The highest BCUT2D eigenvalue weighted by atomic mass is 31.1. The van der Waals surface area contributed by atoms with Crippen molar-refractivity contribution < 1.29 is 0 Å². The van der Waals surface area contributed by atoms with Crippen LogP contribution >= 0.6 is 7.92 Å². The molecule has 152 valence electrons. The smallest absolute Gasteiger partial charge is 0.00737 e. The zero-order chi connectivity index (χ0) is 21.4. The van der Waals surface area contributed by atoms with Gasteiger partial charge in [0.2, 0.25) is 0 Å². The highest BCUT2D eigenvalue weighted by molar-refractivity contribution is 7.69. The van der Waals surface area contributed by atoms with Crippen molar-refractivity contribution in [3.63, 3.8) is 0 Å². The van der Waals surface area contributed by atoms with Crippen LogP contribution in [0.25, 0.3) is 22.3 Å². The van der Waals surface area contributed by atoms with Gasteiger partial charge in [-0.3, -0.25) is 0 Å². The van der Waals surface area contributed by atoms with E-state index >= 15 is 0 Å². The molecule has 0 unspecified atom stereocenters. The Morgan fingerprint density at radius 2 is 0.828 bits per heavy atom. The first kappa shape index (κ1) is 21.8. The third-order valence-corrected chi connectivity index (χ3v) is 9.08. The van der Waals surface area contributed by atoms with Gasteiger partial charge in [-0.15, -0.1) is 0 Å². The first-order valence-corrected chi connectivity index (χ1v) is 11.9. The molecule has 3 aromatic rings. The maximum atomic E-state index is 2.42. The Balaban J connectivity index is 2.45. The van der Waals surface area contributed by atoms with E-state index in [4.69, 9.17) is 0 Å². The SMILES string of the molecule is Cc1ccccc1-c1cccc(-c2ccccc2C)c1P(C(C)(C)C)C(C)(C)C. The van der Waals surface area contributed by atoms with Crippen LogP contribution in [0.1, 0.15) is 52.7 Å². The van der Waals surface area contributed by atoms with Crippen LogP contribution in [0.15, 0.2) is 66.7 Å². The van der Waals surface area contributed by atoms with E-state index in [-0.39, 0.29) is 10.3 Å². The molecule has 0 amide bonds. The van der Waals surface area contributed by atoms with Crippen molar-refractivity contribution in [2.75, 3.05) is 0 Å². The second kappa shape index (κ2) is 8.08. The average Bonchev–Trinajstić information content (AvgIpc) is 2.61. The summed E-state index contributed by atoms with van der Waals surface area (Å²) < 4.78 is 0. The Morgan fingerprint density at radius 1 is 0.483 bits per heavy atom. The van der Waals surface area contributed by atoms with Crippen LogP contribution in [0.4, 0.5) is 0 Å². The van der Waals surface area contributed by atoms with Gasteiger partial charge in [0.15, 0.2) is 0 Å². The summed E-state index contributed by atoms with van der Waals surface area (Å²) in [5, 5.41) is 1.94. The van der Waals surface area contributed by atoms with Crippen molar-refractivity contribution in [2.45, 2.75) is 65.7 Å². The highest BCUT2D eigenvalue weighted by Gasteiger charge is 2.38. The van der Waals surface area contributed by atoms with Gasteiger partial charge >= 0.3 is 0 Å². The second-order valence-electron chi connectivity index (χ2n) is 10.0. The minimum absolute atomic E-state index is 0.198. The predicted octanol–water partition coefficient (Wildman–Crippen LogP) is 8.34. The summed E-state index contributed by atoms with van der Waals surface area (Å²) in [5.74, 6) is 0. The molecule has 0 bridgehead atoms. The van der Waals surface area contributed by atoms with E-state index < -0.39 is 7.92 Å². The van der Waals surface area contributed by atoms with Gasteiger partial charge in [0.25, 0.3) is 0 Å². The lowest BCUT2D eigenvalue weighted by molar-refractivity contribution is 0.715. The Kier molecular flexibility index (Phi) is 6.07. The number of hydrogen-bond donors (Lipinski definition) is 0. The van der Waals surface area contributed by atoms with Crippen molar-refractivity contribution in [1.82, 2.24) is 0 Å². The van der Waals surface area contributed by atoms with Crippen molar-refractivity contribution in [1.29, 1.82) is 0 Å². The van der Waals surface area contributed by atoms with Gasteiger partial charge in [0.1, 0.15) is 0 Å². The largest absolute Gasteiger partial charge is 0.0629 e. The molecule has 0 aromatic heterocycles. The standard InChI is InChI=1S/C28H35P/c1-20-14-9-11-16-22(20)24-18-13-19-25(23-17-12-10-15-21(23)2)26(24)29(27(3,4)5)28(6,7)8/h9-19H,1-8H3. The Morgan fingerprint density at radius 3 is 1.17 bits per heavy atom. The second-order valence-corrected chi connectivity index (χ2v) is 13.8. The molecule has 0 saturated carbocycles. The van der Waals surface area contributed by atoms with E-state index in [1.54, 1.807) is 5.30 Å². The fourth-order valence-electron chi connectivity index (χ4n) is 4.65. The molecular weight excluding hydrogens is 367 g/mol. The normalized spacial score (nSPS) is 12.4. The van der Waals surface area contributed by atoms with Gasteiger partial charge < -0.3 is 0 Å². The lowest BCUT2D eigenvalue weighted by Gasteiger charge is -2.44. The lowest BCUT2D eigenvalue weighted by atomic mass is 9.94. The Labute approximate surface area is 179 Å². The van der Waals surface area contributed by atoms with Crippen LogP contribution in [0.3, 0.4) is 0 Å². The molecule has 0 N–H and O–H groups in total. The predicted molar refractivity (Wildman–Crippen MR) is 133 cm³/mol. The number of benzene rings is 3. The summed E-state index contributed by atoms with van der Waals surface area (Å²) in [6.07, 6.45) is 0. The molecule has 0 radical (unpaired) electrons. The summed E-state index contributed by atoms with van der Waals surface area (Å²) in [7, 11) is -0.451. The van der Waals surface area contributed by atoms with Crippen LogP contribution in [-0.4, -0.2) is 10.3 Å². The van der Waals surface area contributed by atoms with E-state index in [9.17, 15) is 0 Å². The van der Waals surface area contributed by atoms with Gasteiger partial charge in [0.05, 0.1) is 0 Å². The maximum absolute atomic E-state index is 2.42. The lowest BCUT2D eigenvalue weighted by Crippen LogP contribution is -2.33. The van der Waals surface area contributed by atoms with E-state index in [0.29, 0.717) is 0 Å². The average molecular weight is 403 g/mol. The number of aryl methyl sites for hydroxylation is 2. The van der Waals surface area contributed by atoms with Crippen LogP contribution in [-0.2, 0) is 0 Å². The van der Waals surface area contributed by atoms with E-state index in [1.807, 2.05) is 0 Å². The fraction of sp³-hybridized carbons (Fsp3) is 0.357. The van der Waals surface area contributed by atoms with Crippen molar-refractivity contribution in [3.8, 4) is 22.3 Å². The van der Waals surface area contributed by atoms with Crippen LogP contribution in [0.2, 0.25) is 0 Å². The molecule has 0 aliphatic heterocycles. The summed E-state index contributed by atoms with van der Waals surface area (Å²) >= 11 is 0. The quantitative estimate of drug-likeness (QED) is 0.386. The van der Waals surface area contributed by atoms with Gasteiger partial charge in [-0.05, 0) is 62.8 Å². The third-order valence-electron chi connectivity index (χ3n) is 5.47. The van der Waals surface area contributed by atoms with Gasteiger partial charge in [-0.2, -0.15) is 0 Å². The van der Waals surface area contributed by atoms with Crippen LogP contribution in [0, 0.1) is 13.8 Å². The van der Waals surface area contributed by atoms with E-state index in [2.05, 4.69) is 122 Å². The third kappa shape index (κ3) is 4.49. The van der Waals surface area contributed by atoms with Crippen LogP contribution < -0.4 is 5.30 Å². The molecular formula is C28H35P. The first-order valence-electron chi connectivity index (χ1n) is 10.6. The number of rotatable bonds is 3. The number of hydrogen-bond acceptors (Lipinski definition) is 0. The molecule has 0 aliphatic carbocycles. The van der Waals surface area contributed by atoms with Gasteiger partial charge in [0, 0.05) is 0 Å². The van der Waals surface area contributed by atoms with Crippen molar-refractivity contribution in [3.05, 3.63) is 77.9 Å². The zero-order valence-electron chi connectivity index (χ0n) is 19.3. The molecule has 3 aromatic carbocycles. The molecule has 0 fully saturated rings. The molecule has 3 rings (SSSR count). The molecule has 0 heterocycles. The summed E-state index contributed by atoms with van der Waals surface area (Å²) in [6, 6.07) is 24.6. The highest BCUT2D eigenvalue weighted by Crippen LogP contribution is 2.61. The summed E-state index contributed by atoms with van der Waals surface area (Å²) in [5.41, 5.74) is 8.21. The van der Waals surface area contributed by atoms with E-state index in [0.717, 1.165) is 0 Å². The monoisotopic (exact) mass is 402 g/mol. The minimum Gasteiger partial charge on any atom is -0.0629 e. The molecule has 0 aliphatic rings. The summed E-state index contributed by atoms with van der Waals surface area (Å²) in [6.45, 7) is 19.0. The van der Waals surface area contributed by atoms with Crippen molar-refractivity contribution >= 4 is 13.2 Å². The van der Waals surface area contributed by atoms with E-state index in [1.165, 1.54) is 33.4 Å². The first-order chi connectivity index (χ1) is 13.5. The molecule has 29 heavy (non-hydrogen) atoms. The van der Waals surface area contributed by atoms with Crippen molar-refractivity contribution in [2.24, 2.45) is 0 Å². The fourth-order valence-corrected chi connectivity index (χ4v) is 8.87. The molecule has 0 spiro atoms. The maximum Gasteiger partial charge on any atom is -0.00737 e. The molecule has 0 nitrogen and oxygen atoms in total. The molecule has 1 heteroatoms. The topological polar surface area (TPSA) is 0 Å². The van der Waals surface area contributed by atoms with Gasteiger partial charge in [-0.1, -0.05) is 116 Å².